The molecule has 1 rings (SSSR count). The average Bonchev–Trinajstić information content (AvgIpc) is 2.29. The van der Waals surface area contributed by atoms with Crippen LogP contribution in [0.25, 0.3) is 0 Å². The van der Waals surface area contributed by atoms with Crippen molar-refractivity contribution >= 4 is 17.6 Å². The highest BCUT2D eigenvalue weighted by molar-refractivity contribution is 6.02. The van der Waals surface area contributed by atoms with Crippen molar-refractivity contribution in [2.45, 2.75) is 13.3 Å². The van der Waals surface area contributed by atoms with Crippen molar-refractivity contribution in [3.05, 3.63) is 12.5 Å². The van der Waals surface area contributed by atoms with E-state index in [9.17, 15) is 9.59 Å². The van der Waals surface area contributed by atoms with Crippen molar-refractivity contribution in [2.75, 3.05) is 19.0 Å². The van der Waals surface area contributed by atoms with Crippen molar-refractivity contribution < 1.29 is 19.1 Å². The second-order valence-electron chi connectivity index (χ2n) is 2.98. The van der Waals surface area contributed by atoms with Crippen LogP contribution in [0.3, 0.4) is 0 Å². The van der Waals surface area contributed by atoms with Gasteiger partial charge in [-0.25, -0.2) is 4.98 Å². The zero-order valence-corrected chi connectivity index (χ0v) is 9.60. The Balaban J connectivity index is 2.59. The monoisotopic (exact) mass is 239 g/mol. The van der Waals surface area contributed by atoms with Gasteiger partial charge in [0.2, 0.25) is 11.8 Å². The van der Waals surface area contributed by atoms with Gasteiger partial charge in [0.1, 0.15) is 18.4 Å². The molecule has 0 aliphatic carbocycles. The number of carbonyl (C=O) groups is 2. The Bertz CT molecular complexity index is 408. The van der Waals surface area contributed by atoms with E-state index in [1.165, 1.54) is 19.6 Å². The SMILES string of the molecule is CCOC(=O)CC(=O)Nc1cncnc1OC. The van der Waals surface area contributed by atoms with E-state index in [-0.39, 0.29) is 18.9 Å². The zero-order valence-electron chi connectivity index (χ0n) is 9.60. The van der Waals surface area contributed by atoms with Gasteiger partial charge in [-0.05, 0) is 6.92 Å². The number of nitrogens with zero attached hydrogens (tertiary/aromatic N) is 2. The van der Waals surface area contributed by atoms with Crippen LogP contribution in [0.5, 0.6) is 5.88 Å². The molecule has 1 N–H and O–H groups in total. The molecule has 1 amide bonds. The largest absolute Gasteiger partial charge is 0.479 e. The molecule has 17 heavy (non-hydrogen) atoms. The Kier molecular flexibility index (Phi) is 4.86. The Morgan fingerprint density at radius 1 is 1.47 bits per heavy atom. The van der Waals surface area contributed by atoms with Crippen molar-refractivity contribution in [3.8, 4) is 5.88 Å². The normalized spacial score (nSPS) is 9.53. The minimum atomic E-state index is -0.583. The van der Waals surface area contributed by atoms with Crippen LogP contribution in [-0.4, -0.2) is 35.6 Å². The fraction of sp³-hybridized carbons (Fsp3) is 0.400. The molecule has 0 saturated heterocycles. The fourth-order valence-electron chi connectivity index (χ4n) is 1.10. The third-order valence-electron chi connectivity index (χ3n) is 1.75. The van der Waals surface area contributed by atoms with Crippen molar-refractivity contribution in [3.63, 3.8) is 0 Å². The molecule has 0 aromatic carbocycles. The molecule has 92 valence electrons. The van der Waals surface area contributed by atoms with Gasteiger partial charge in [0.15, 0.2) is 0 Å². The highest BCUT2D eigenvalue weighted by Gasteiger charge is 2.13. The predicted molar refractivity (Wildman–Crippen MR) is 58.5 cm³/mol. The van der Waals surface area contributed by atoms with E-state index in [0.717, 1.165) is 0 Å². The molecule has 7 heteroatoms. The summed E-state index contributed by atoms with van der Waals surface area (Å²) in [5, 5.41) is 2.46. The number of rotatable bonds is 5. The van der Waals surface area contributed by atoms with Gasteiger partial charge in [-0.3, -0.25) is 9.59 Å². The van der Waals surface area contributed by atoms with Crippen LogP contribution in [0, 0.1) is 0 Å². The van der Waals surface area contributed by atoms with E-state index in [1.807, 2.05) is 0 Å². The van der Waals surface area contributed by atoms with E-state index >= 15 is 0 Å². The van der Waals surface area contributed by atoms with Crippen LogP contribution in [0.2, 0.25) is 0 Å². The molecule has 0 aliphatic rings. The molecule has 1 aromatic rings. The topological polar surface area (TPSA) is 90.4 Å². The number of methoxy groups -OCH3 is 1. The molecule has 7 nitrogen and oxygen atoms in total. The van der Waals surface area contributed by atoms with Crippen molar-refractivity contribution in [1.82, 2.24) is 9.97 Å². The third-order valence-corrected chi connectivity index (χ3v) is 1.75. The van der Waals surface area contributed by atoms with E-state index in [1.54, 1.807) is 6.92 Å². The van der Waals surface area contributed by atoms with Gasteiger partial charge in [0.25, 0.3) is 0 Å². The molecule has 1 aromatic heterocycles. The lowest BCUT2D eigenvalue weighted by Gasteiger charge is -2.07. The highest BCUT2D eigenvalue weighted by atomic mass is 16.5. The van der Waals surface area contributed by atoms with Crippen LogP contribution in [0.4, 0.5) is 5.69 Å². The molecule has 1 heterocycles. The van der Waals surface area contributed by atoms with Crippen molar-refractivity contribution in [2.24, 2.45) is 0 Å². The molecule has 0 fully saturated rings. The summed E-state index contributed by atoms with van der Waals surface area (Å²) in [5.74, 6) is -0.852. The number of aromatic nitrogens is 2. The summed E-state index contributed by atoms with van der Waals surface area (Å²) in [4.78, 5) is 30.0. The number of ether oxygens (including phenoxy) is 2. The van der Waals surface area contributed by atoms with Crippen molar-refractivity contribution in [1.29, 1.82) is 0 Å². The molecule has 0 spiro atoms. The van der Waals surface area contributed by atoms with E-state index in [4.69, 9.17) is 4.74 Å². The first-order valence-electron chi connectivity index (χ1n) is 4.96. The summed E-state index contributed by atoms with van der Waals surface area (Å²) in [6.07, 6.45) is 2.32. The number of nitrogens with one attached hydrogen (secondary N) is 1. The molecule has 0 saturated carbocycles. The molecule has 0 unspecified atom stereocenters. The summed E-state index contributed by atoms with van der Waals surface area (Å²) in [6.45, 7) is 1.91. The van der Waals surface area contributed by atoms with Crippen LogP contribution < -0.4 is 10.1 Å². The lowest BCUT2D eigenvalue weighted by Crippen LogP contribution is -2.18. The lowest BCUT2D eigenvalue weighted by molar-refractivity contribution is -0.145. The van der Waals surface area contributed by atoms with Crippen LogP contribution in [0.15, 0.2) is 12.5 Å². The maximum Gasteiger partial charge on any atom is 0.315 e. The second kappa shape index (κ2) is 6.41. The standard InChI is InChI=1S/C10H13N3O4/c1-3-17-9(15)4-8(14)13-7-5-11-6-12-10(7)16-2/h5-6H,3-4H2,1-2H3,(H,13,14). The summed E-state index contributed by atoms with van der Waals surface area (Å²) in [7, 11) is 1.42. The van der Waals surface area contributed by atoms with Gasteiger partial charge >= 0.3 is 5.97 Å². The Morgan fingerprint density at radius 2 is 2.24 bits per heavy atom. The van der Waals surface area contributed by atoms with E-state index < -0.39 is 11.9 Å². The number of esters is 1. The number of anilines is 1. The first-order chi connectivity index (χ1) is 8.17. The van der Waals surface area contributed by atoms with E-state index in [2.05, 4.69) is 20.0 Å². The quantitative estimate of drug-likeness (QED) is 0.590. The summed E-state index contributed by atoms with van der Waals surface area (Å²) in [6, 6.07) is 0. The average molecular weight is 239 g/mol. The highest BCUT2D eigenvalue weighted by Crippen LogP contribution is 2.18. The maximum absolute atomic E-state index is 11.4. The van der Waals surface area contributed by atoms with Gasteiger partial charge in [0, 0.05) is 0 Å². The van der Waals surface area contributed by atoms with Crippen LogP contribution in [0.1, 0.15) is 13.3 Å². The summed E-state index contributed by atoms with van der Waals surface area (Å²) >= 11 is 0. The maximum atomic E-state index is 11.4. The summed E-state index contributed by atoms with van der Waals surface area (Å²) in [5.41, 5.74) is 0.310. The predicted octanol–water partition coefficient (Wildman–Crippen LogP) is 0.377. The van der Waals surface area contributed by atoms with Gasteiger partial charge in [-0.15, -0.1) is 0 Å². The molecular formula is C10H13N3O4. The summed E-state index contributed by atoms with van der Waals surface area (Å²) < 4.78 is 9.56. The number of amides is 1. The molecule has 0 radical (unpaired) electrons. The van der Waals surface area contributed by atoms with Gasteiger partial charge in [0.05, 0.1) is 19.9 Å². The number of hydrogen-bond acceptors (Lipinski definition) is 6. The van der Waals surface area contributed by atoms with E-state index in [0.29, 0.717) is 5.69 Å². The van der Waals surface area contributed by atoms with Gasteiger partial charge < -0.3 is 14.8 Å². The third kappa shape index (κ3) is 4.06. The Labute approximate surface area is 98.2 Å². The number of carbonyl (C=O) groups excluding carboxylic acids is 2. The van der Waals surface area contributed by atoms with Gasteiger partial charge in [-0.1, -0.05) is 0 Å². The minimum Gasteiger partial charge on any atom is -0.479 e. The van der Waals surface area contributed by atoms with Crippen LogP contribution in [-0.2, 0) is 14.3 Å². The number of hydrogen-bond donors (Lipinski definition) is 1. The fourth-order valence-corrected chi connectivity index (χ4v) is 1.10. The first kappa shape index (κ1) is 12.9. The smallest absolute Gasteiger partial charge is 0.315 e. The Morgan fingerprint density at radius 3 is 2.88 bits per heavy atom. The molecule has 0 bridgehead atoms. The van der Waals surface area contributed by atoms with Gasteiger partial charge in [-0.2, -0.15) is 4.98 Å². The van der Waals surface area contributed by atoms with Crippen LogP contribution >= 0.6 is 0 Å². The lowest BCUT2D eigenvalue weighted by atomic mass is 10.4. The Hall–Kier alpha value is -2.18. The second-order valence-corrected chi connectivity index (χ2v) is 2.98. The first-order valence-corrected chi connectivity index (χ1v) is 4.96. The molecule has 0 aliphatic heterocycles. The minimum absolute atomic E-state index is 0.234. The molecule has 0 atom stereocenters. The zero-order chi connectivity index (χ0) is 12.7. The molecular weight excluding hydrogens is 226 g/mol.